The zero-order chi connectivity index (χ0) is 17.5. The number of hydrogen-bond acceptors (Lipinski definition) is 4. The van der Waals surface area contributed by atoms with Gasteiger partial charge in [-0.15, -0.1) is 0 Å². The van der Waals surface area contributed by atoms with Crippen molar-refractivity contribution >= 4 is 11.9 Å². The largest absolute Gasteiger partial charge is 0.457 e. The molecule has 5 nitrogen and oxygen atoms in total. The molecule has 3 rings (SSSR count). The van der Waals surface area contributed by atoms with Gasteiger partial charge >= 0.3 is 5.97 Å². The van der Waals surface area contributed by atoms with Crippen LogP contribution in [0.3, 0.4) is 0 Å². The highest BCUT2D eigenvalue weighted by Crippen LogP contribution is 2.11. The van der Waals surface area contributed by atoms with Gasteiger partial charge in [-0.05, 0) is 36.2 Å². The van der Waals surface area contributed by atoms with Crippen molar-refractivity contribution in [3.63, 3.8) is 0 Å². The van der Waals surface area contributed by atoms with Crippen LogP contribution in [0, 0.1) is 5.92 Å². The van der Waals surface area contributed by atoms with Gasteiger partial charge in [-0.2, -0.15) is 0 Å². The van der Waals surface area contributed by atoms with Crippen LogP contribution in [0.4, 0.5) is 0 Å². The fourth-order valence-electron chi connectivity index (χ4n) is 2.83. The molecule has 1 saturated heterocycles. The predicted molar refractivity (Wildman–Crippen MR) is 94.8 cm³/mol. The highest BCUT2D eigenvalue weighted by atomic mass is 16.5. The second kappa shape index (κ2) is 8.44. The lowest BCUT2D eigenvalue weighted by Gasteiger charge is -2.11. The Bertz CT molecular complexity index is 725. The van der Waals surface area contributed by atoms with Crippen molar-refractivity contribution in [2.75, 3.05) is 13.1 Å². The lowest BCUT2D eigenvalue weighted by Crippen LogP contribution is -2.31. The molecule has 0 radical (unpaired) electrons. The van der Waals surface area contributed by atoms with Crippen LogP contribution in [-0.4, -0.2) is 25.0 Å². The standard InChI is InChI=1S/C20H22N2O3/c23-19(18-9-10-21-13-18)22-12-16-7-4-8-17(11-16)20(24)25-14-15-5-2-1-3-6-15/h1-8,11,18,21H,9-10,12-14H2,(H,22,23). The molecule has 2 N–H and O–H groups in total. The third-order valence-electron chi connectivity index (χ3n) is 4.27. The van der Waals surface area contributed by atoms with Crippen molar-refractivity contribution < 1.29 is 14.3 Å². The van der Waals surface area contributed by atoms with Gasteiger partial charge in [0.05, 0.1) is 11.5 Å². The van der Waals surface area contributed by atoms with E-state index in [9.17, 15) is 9.59 Å². The maximum absolute atomic E-state index is 12.2. The summed E-state index contributed by atoms with van der Waals surface area (Å²) in [5, 5.41) is 6.11. The van der Waals surface area contributed by atoms with E-state index in [4.69, 9.17) is 4.74 Å². The summed E-state index contributed by atoms with van der Waals surface area (Å²) in [5.74, 6) is -0.266. The first-order valence-corrected chi connectivity index (χ1v) is 8.51. The second-order valence-electron chi connectivity index (χ2n) is 6.17. The molecule has 1 fully saturated rings. The molecule has 1 aliphatic rings. The molecule has 1 unspecified atom stereocenters. The summed E-state index contributed by atoms with van der Waals surface area (Å²) in [6.45, 7) is 2.28. The van der Waals surface area contributed by atoms with Gasteiger partial charge in [0.2, 0.25) is 5.91 Å². The summed E-state index contributed by atoms with van der Waals surface area (Å²) >= 11 is 0. The van der Waals surface area contributed by atoms with Crippen LogP contribution in [0.2, 0.25) is 0 Å². The van der Waals surface area contributed by atoms with E-state index in [1.807, 2.05) is 36.4 Å². The van der Waals surface area contributed by atoms with Crippen LogP contribution < -0.4 is 10.6 Å². The summed E-state index contributed by atoms with van der Waals surface area (Å²) < 4.78 is 5.34. The molecular formula is C20H22N2O3. The molecular weight excluding hydrogens is 316 g/mol. The van der Waals surface area contributed by atoms with Crippen LogP contribution in [0.25, 0.3) is 0 Å². The van der Waals surface area contributed by atoms with E-state index in [2.05, 4.69) is 10.6 Å². The molecule has 5 heteroatoms. The van der Waals surface area contributed by atoms with Crippen molar-refractivity contribution in [2.45, 2.75) is 19.6 Å². The first kappa shape index (κ1) is 17.2. The van der Waals surface area contributed by atoms with E-state index in [1.165, 1.54) is 0 Å². The minimum absolute atomic E-state index is 0.0408. The Morgan fingerprint density at radius 1 is 1.08 bits per heavy atom. The Kier molecular flexibility index (Phi) is 5.80. The molecule has 0 aromatic heterocycles. The zero-order valence-corrected chi connectivity index (χ0v) is 14.0. The molecule has 0 bridgehead atoms. The molecule has 1 amide bonds. The SMILES string of the molecule is O=C(OCc1ccccc1)c1cccc(CNC(=O)C2CCNC2)c1. The minimum atomic E-state index is -0.364. The summed E-state index contributed by atoms with van der Waals surface area (Å²) in [4.78, 5) is 24.3. The Balaban J connectivity index is 1.53. The molecule has 2 aromatic carbocycles. The molecule has 1 atom stereocenters. The zero-order valence-electron chi connectivity index (χ0n) is 14.0. The van der Waals surface area contributed by atoms with Gasteiger partial charge in [-0.25, -0.2) is 4.79 Å². The topological polar surface area (TPSA) is 67.4 Å². The van der Waals surface area contributed by atoms with Crippen molar-refractivity contribution in [1.29, 1.82) is 0 Å². The molecule has 0 saturated carbocycles. The molecule has 1 aliphatic heterocycles. The number of nitrogens with one attached hydrogen (secondary N) is 2. The van der Waals surface area contributed by atoms with Gasteiger partial charge in [0, 0.05) is 13.1 Å². The second-order valence-corrected chi connectivity index (χ2v) is 6.17. The first-order chi connectivity index (χ1) is 12.2. The van der Waals surface area contributed by atoms with Gasteiger partial charge < -0.3 is 15.4 Å². The summed E-state index contributed by atoms with van der Waals surface area (Å²) in [5.41, 5.74) is 2.32. The summed E-state index contributed by atoms with van der Waals surface area (Å²) in [6.07, 6.45) is 0.873. The van der Waals surface area contributed by atoms with Gasteiger partial charge in [-0.1, -0.05) is 42.5 Å². The Morgan fingerprint density at radius 3 is 2.64 bits per heavy atom. The van der Waals surface area contributed by atoms with E-state index >= 15 is 0 Å². The lowest BCUT2D eigenvalue weighted by atomic mass is 10.1. The Labute approximate surface area is 147 Å². The first-order valence-electron chi connectivity index (χ1n) is 8.51. The quantitative estimate of drug-likeness (QED) is 0.793. The third kappa shape index (κ3) is 4.90. The summed E-state index contributed by atoms with van der Waals surface area (Å²) in [6, 6.07) is 16.7. The van der Waals surface area contributed by atoms with Crippen molar-refractivity contribution in [3.8, 4) is 0 Å². The number of hydrogen-bond donors (Lipinski definition) is 2. The van der Waals surface area contributed by atoms with Crippen molar-refractivity contribution in [1.82, 2.24) is 10.6 Å². The molecule has 25 heavy (non-hydrogen) atoms. The number of carbonyl (C=O) groups is 2. The van der Waals surface area contributed by atoms with Gasteiger partial charge in [-0.3, -0.25) is 4.79 Å². The smallest absolute Gasteiger partial charge is 0.338 e. The minimum Gasteiger partial charge on any atom is -0.457 e. The number of esters is 1. The van der Waals surface area contributed by atoms with Gasteiger partial charge in [0.25, 0.3) is 0 Å². The Hall–Kier alpha value is -2.66. The van der Waals surface area contributed by atoms with E-state index in [0.29, 0.717) is 12.1 Å². The fourth-order valence-corrected chi connectivity index (χ4v) is 2.83. The molecule has 0 aliphatic carbocycles. The van der Waals surface area contributed by atoms with E-state index in [0.717, 1.165) is 30.6 Å². The maximum Gasteiger partial charge on any atom is 0.338 e. The predicted octanol–water partition coefficient (Wildman–Crippen LogP) is 2.27. The van der Waals surface area contributed by atoms with Crippen LogP contribution in [-0.2, 0) is 22.7 Å². The average Bonchev–Trinajstić information content (AvgIpc) is 3.20. The van der Waals surface area contributed by atoms with E-state index in [1.54, 1.807) is 18.2 Å². The molecule has 0 spiro atoms. The average molecular weight is 338 g/mol. The number of rotatable bonds is 6. The number of carbonyl (C=O) groups excluding carboxylic acids is 2. The fraction of sp³-hybridized carbons (Fsp3) is 0.300. The number of ether oxygens (including phenoxy) is 1. The van der Waals surface area contributed by atoms with E-state index < -0.39 is 0 Å². The summed E-state index contributed by atoms with van der Waals surface area (Å²) in [7, 11) is 0. The monoisotopic (exact) mass is 338 g/mol. The Morgan fingerprint density at radius 2 is 1.88 bits per heavy atom. The van der Waals surface area contributed by atoms with Crippen LogP contribution in [0.1, 0.15) is 27.9 Å². The highest BCUT2D eigenvalue weighted by Gasteiger charge is 2.21. The lowest BCUT2D eigenvalue weighted by molar-refractivity contribution is -0.124. The third-order valence-corrected chi connectivity index (χ3v) is 4.27. The van der Waals surface area contributed by atoms with E-state index in [-0.39, 0.29) is 24.4 Å². The highest BCUT2D eigenvalue weighted by molar-refractivity contribution is 5.89. The van der Waals surface area contributed by atoms with Gasteiger partial charge in [0.15, 0.2) is 0 Å². The van der Waals surface area contributed by atoms with Crippen LogP contribution in [0.5, 0.6) is 0 Å². The molecule has 130 valence electrons. The number of benzene rings is 2. The maximum atomic E-state index is 12.2. The number of amides is 1. The van der Waals surface area contributed by atoms with Crippen LogP contribution >= 0.6 is 0 Å². The van der Waals surface area contributed by atoms with Crippen molar-refractivity contribution in [2.24, 2.45) is 5.92 Å². The molecule has 2 aromatic rings. The normalized spacial score (nSPS) is 16.4. The van der Waals surface area contributed by atoms with Crippen LogP contribution in [0.15, 0.2) is 54.6 Å². The van der Waals surface area contributed by atoms with Crippen molar-refractivity contribution in [3.05, 3.63) is 71.3 Å². The van der Waals surface area contributed by atoms with Gasteiger partial charge in [0.1, 0.15) is 6.61 Å². The molecule has 1 heterocycles.